The Kier molecular flexibility index (Phi) is 6.37. The third-order valence-corrected chi connectivity index (χ3v) is 5.80. The number of nitrogens with one attached hydrogen (secondary N) is 1. The Hall–Kier alpha value is -1.44. The lowest BCUT2D eigenvalue weighted by Crippen LogP contribution is -2.39. The van der Waals surface area contributed by atoms with Crippen LogP contribution >= 0.6 is 23.2 Å². The van der Waals surface area contributed by atoms with E-state index < -0.39 is 16.2 Å². The molecule has 1 atom stereocenters. The smallest absolute Gasteiger partial charge is 0.206 e. The lowest BCUT2D eigenvalue weighted by atomic mass is 10.2. The van der Waals surface area contributed by atoms with Gasteiger partial charge in [-0.2, -0.15) is 0 Å². The van der Waals surface area contributed by atoms with Gasteiger partial charge in [0.1, 0.15) is 11.4 Å². The highest BCUT2D eigenvalue weighted by Gasteiger charge is 2.40. The Bertz CT molecular complexity index is 657. The van der Waals surface area contributed by atoms with E-state index >= 15 is 0 Å². The molecule has 1 aliphatic heterocycles. The van der Waals surface area contributed by atoms with Crippen LogP contribution in [0.4, 0.5) is 11.4 Å². The highest BCUT2D eigenvalue weighted by molar-refractivity contribution is 8.26. The zero-order valence-electron chi connectivity index (χ0n) is 13.5. The summed E-state index contributed by atoms with van der Waals surface area (Å²) in [5.74, 6) is 0.678. The highest BCUT2D eigenvalue weighted by Crippen LogP contribution is 2.61. The number of rotatable bonds is 5. The summed E-state index contributed by atoms with van der Waals surface area (Å²) in [4.78, 5) is 0. The molecule has 0 bridgehead atoms. The molecule has 0 aliphatic carbocycles. The lowest BCUT2D eigenvalue weighted by molar-refractivity contribution is 0.235. The van der Waals surface area contributed by atoms with Gasteiger partial charge in [0.05, 0.1) is 5.69 Å². The van der Waals surface area contributed by atoms with Gasteiger partial charge in [-0.3, -0.25) is 9.11 Å². The minimum atomic E-state index is -3.13. The summed E-state index contributed by atoms with van der Waals surface area (Å²) in [6.45, 7) is 0.808. The molecule has 0 saturated heterocycles. The van der Waals surface area contributed by atoms with Crippen LogP contribution in [-0.4, -0.2) is 28.1 Å². The molecule has 0 saturated carbocycles. The third-order valence-electron chi connectivity index (χ3n) is 3.82. The number of nitrogens with zero attached hydrogens (tertiary/aromatic N) is 1. The topological polar surface area (TPSA) is 65.0 Å². The lowest BCUT2D eigenvalue weighted by Gasteiger charge is -2.51. The van der Waals surface area contributed by atoms with E-state index in [1.165, 1.54) is 0 Å². The predicted octanol–water partition coefficient (Wildman–Crippen LogP) is 4.63. The van der Waals surface area contributed by atoms with Gasteiger partial charge in [-0.15, -0.1) is 12.4 Å². The van der Waals surface area contributed by atoms with Crippen LogP contribution in [0.25, 0.3) is 0 Å². The quantitative estimate of drug-likeness (QED) is 0.669. The Balaban J connectivity index is 0.00000208. The maximum absolute atomic E-state index is 10.9. The fourth-order valence-corrected chi connectivity index (χ4v) is 4.54. The highest BCUT2D eigenvalue weighted by atomic mass is 35.5. The van der Waals surface area contributed by atoms with Gasteiger partial charge in [-0.1, -0.05) is 41.1 Å². The van der Waals surface area contributed by atoms with E-state index in [-0.39, 0.29) is 12.4 Å². The summed E-state index contributed by atoms with van der Waals surface area (Å²) in [5.41, 5.74) is 0.788. The van der Waals surface area contributed by atoms with Crippen molar-refractivity contribution in [1.29, 1.82) is 0 Å². The van der Waals surface area contributed by atoms with E-state index in [0.29, 0.717) is 17.9 Å². The number of fused-ring (bicyclic) bond motifs is 1. The van der Waals surface area contributed by atoms with Crippen molar-refractivity contribution in [2.45, 2.75) is 18.3 Å². The molecule has 1 aliphatic rings. The maximum atomic E-state index is 10.9. The van der Waals surface area contributed by atoms with Gasteiger partial charge in [0.25, 0.3) is 0 Å². The van der Waals surface area contributed by atoms with E-state index in [2.05, 4.69) is 5.32 Å². The van der Waals surface area contributed by atoms with Crippen molar-refractivity contribution in [1.82, 2.24) is 5.32 Å². The van der Waals surface area contributed by atoms with E-state index in [0.717, 1.165) is 18.7 Å². The van der Waals surface area contributed by atoms with Gasteiger partial charge >= 0.3 is 0 Å². The molecule has 0 radical (unpaired) electrons. The molecule has 2 aromatic rings. The van der Waals surface area contributed by atoms with E-state index in [9.17, 15) is 9.11 Å². The number of hydrogen-bond donors (Lipinski definition) is 3. The Morgan fingerprint density at radius 2 is 1.75 bits per heavy atom. The first-order valence-corrected chi connectivity index (χ1v) is 9.24. The number of anilines is 2. The standard InChI is InChI=1S/C17H22N2O3S.ClH/c1-18-13-7-12-17-22-16-11-6-5-10-15(16)19(23(17,20)21)14-8-3-2-4-9-14;/h2-6,8-11,17-18,20-21H,7,12-13H2,1H3;1H. The third kappa shape index (κ3) is 3.63. The number of halogens is 1. The SMILES string of the molecule is CNCCCC1Oc2ccccc2N(c2ccccc2)S1(O)O.Cl. The fraction of sp³-hybridized carbons (Fsp3) is 0.294. The first-order chi connectivity index (χ1) is 11.1. The van der Waals surface area contributed by atoms with E-state index in [4.69, 9.17) is 4.74 Å². The monoisotopic (exact) mass is 370 g/mol. The summed E-state index contributed by atoms with van der Waals surface area (Å²) in [5, 5.41) is 3.07. The second-order valence-electron chi connectivity index (χ2n) is 5.45. The van der Waals surface area contributed by atoms with E-state index in [1.54, 1.807) is 4.31 Å². The van der Waals surface area contributed by atoms with Crippen LogP contribution in [0.15, 0.2) is 54.6 Å². The molecule has 5 nitrogen and oxygen atoms in total. The van der Waals surface area contributed by atoms with Crippen molar-refractivity contribution < 1.29 is 13.8 Å². The van der Waals surface area contributed by atoms with E-state index in [1.807, 2.05) is 61.6 Å². The van der Waals surface area contributed by atoms with Gasteiger partial charge in [0.2, 0.25) is 5.44 Å². The van der Waals surface area contributed by atoms with Crippen molar-refractivity contribution in [3.05, 3.63) is 54.6 Å². The molecule has 1 heterocycles. The van der Waals surface area contributed by atoms with Crippen LogP contribution in [0.1, 0.15) is 12.8 Å². The van der Waals surface area contributed by atoms with Crippen LogP contribution < -0.4 is 14.4 Å². The molecule has 0 aromatic heterocycles. The second kappa shape index (κ2) is 8.09. The maximum Gasteiger partial charge on any atom is 0.206 e. The summed E-state index contributed by atoms with van der Waals surface area (Å²) < 4.78 is 29.4. The summed E-state index contributed by atoms with van der Waals surface area (Å²) >= 11 is 0. The van der Waals surface area contributed by atoms with Gasteiger partial charge < -0.3 is 10.1 Å². The Morgan fingerprint density at radius 3 is 2.46 bits per heavy atom. The van der Waals surface area contributed by atoms with Crippen LogP contribution in [0.2, 0.25) is 0 Å². The molecule has 1 unspecified atom stereocenters. The molecule has 3 rings (SSSR count). The fourth-order valence-electron chi connectivity index (χ4n) is 2.71. The number of benzene rings is 2. The van der Waals surface area contributed by atoms with Gasteiger partial charge in [-0.25, -0.2) is 4.31 Å². The van der Waals surface area contributed by atoms with Gasteiger partial charge in [0, 0.05) is 6.42 Å². The average Bonchev–Trinajstić information content (AvgIpc) is 2.56. The van der Waals surface area contributed by atoms with Crippen LogP contribution in [-0.2, 0) is 0 Å². The molecule has 7 heteroatoms. The zero-order chi connectivity index (χ0) is 16.3. The first-order valence-electron chi connectivity index (χ1n) is 7.67. The van der Waals surface area contributed by atoms with Crippen molar-refractivity contribution in [3.63, 3.8) is 0 Å². The minimum absolute atomic E-state index is 0. The van der Waals surface area contributed by atoms with Crippen LogP contribution in [0.5, 0.6) is 5.75 Å². The number of ether oxygens (including phenoxy) is 1. The van der Waals surface area contributed by atoms with Crippen molar-refractivity contribution in [2.75, 3.05) is 17.9 Å². The normalized spacial score (nSPS) is 19.6. The summed E-state index contributed by atoms with van der Waals surface area (Å²) in [7, 11) is -1.25. The zero-order valence-corrected chi connectivity index (χ0v) is 15.1. The Morgan fingerprint density at radius 1 is 1.08 bits per heavy atom. The molecule has 24 heavy (non-hydrogen) atoms. The van der Waals surface area contributed by atoms with Crippen molar-refractivity contribution in [3.8, 4) is 5.75 Å². The summed E-state index contributed by atoms with van der Waals surface area (Å²) in [6, 6.07) is 16.9. The average molecular weight is 371 g/mol. The molecule has 0 spiro atoms. The molecular weight excluding hydrogens is 348 g/mol. The largest absolute Gasteiger partial charge is 0.467 e. The molecule has 132 valence electrons. The van der Waals surface area contributed by atoms with Crippen LogP contribution in [0, 0.1) is 0 Å². The van der Waals surface area contributed by atoms with Gasteiger partial charge in [0.15, 0.2) is 0 Å². The van der Waals surface area contributed by atoms with Crippen molar-refractivity contribution >= 4 is 34.6 Å². The van der Waals surface area contributed by atoms with Gasteiger partial charge in [-0.05, 0) is 44.3 Å². The first kappa shape index (κ1) is 18.9. The number of hydrogen-bond acceptors (Lipinski definition) is 5. The van der Waals surface area contributed by atoms with Crippen LogP contribution in [0.3, 0.4) is 0 Å². The molecular formula is C17H23ClN2O3S. The second-order valence-corrected chi connectivity index (χ2v) is 7.47. The van der Waals surface area contributed by atoms with Crippen molar-refractivity contribution in [2.24, 2.45) is 0 Å². The molecule has 3 N–H and O–H groups in total. The minimum Gasteiger partial charge on any atom is -0.467 e. The molecule has 0 amide bonds. The summed E-state index contributed by atoms with van der Waals surface area (Å²) in [6.07, 6.45) is 1.38. The predicted molar refractivity (Wildman–Crippen MR) is 103 cm³/mol. The molecule has 2 aromatic carbocycles. The Labute approximate surface area is 150 Å². The molecule has 0 fully saturated rings. The number of para-hydroxylation sites is 3.